The quantitative estimate of drug-likeness (QED) is 0.863. The highest BCUT2D eigenvalue weighted by atomic mass is 32.2. The molecule has 1 fully saturated rings. The fourth-order valence-corrected chi connectivity index (χ4v) is 3.82. The van der Waals surface area contributed by atoms with Gasteiger partial charge >= 0.3 is 0 Å². The maximum Gasteiger partial charge on any atom is 0.253 e. The molecule has 0 saturated carbocycles. The summed E-state index contributed by atoms with van der Waals surface area (Å²) in [5.74, 6) is 0.00499. The van der Waals surface area contributed by atoms with Crippen LogP contribution >= 0.6 is 0 Å². The van der Waals surface area contributed by atoms with E-state index in [0.717, 1.165) is 6.42 Å². The highest BCUT2D eigenvalue weighted by Crippen LogP contribution is 2.19. The van der Waals surface area contributed by atoms with Gasteiger partial charge in [-0.3, -0.25) is 4.79 Å². The number of β-amino-alcohol motifs (C(OH)–C–C–N with tert-alkyl or cyclic N) is 1. The average molecular weight is 340 g/mol. The normalized spacial score (nSPS) is 22.4. The fourth-order valence-electron chi connectivity index (χ4n) is 2.57. The summed E-state index contributed by atoms with van der Waals surface area (Å²) in [6, 6.07) is 5.70. The van der Waals surface area contributed by atoms with Crippen molar-refractivity contribution in [2.24, 2.45) is 5.92 Å². The number of amides is 1. The van der Waals surface area contributed by atoms with Crippen molar-refractivity contribution < 1.29 is 18.3 Å². The number of nitrogens with zero attached hydrogens (tertiary/aromatic N) is 1. The molecule has 2 rings (SSSR count). The predicted molar refractivity (Wildman–Crippen MR) is 87.6 cm³/mol. The Labute approximate surface area is 137 Å². The lowest BCUT2D eigenvalue weighted by Crippen LogP contribution is -2.45. The molecule has 23 heavy (non-hydrogen) atoms. The molecule has 0 aliphatic carbocycles. The molecule has 6 nitrogen and oxygen atoms in total. The van der Waals surface area contributed by atoms with Crippen LogP contribution in [0.4, 0.5) is 0 Å². The molecule has 1 aromatic rings. The molecule has 2 atom stereocenters. The van der Waals surface area contributed by atoms with Gasteiger partial charge in [-0.25, -0.2) is 13.1 Å². The number of benzene rings is 1. The van der Waals surface area contributed by atoms with Crippen molar-refractivity contribution in [3.63, 3.8) is 0 Å². The standard InChI is InChI=1S/C16H24N2O4S/c1-11(2)17-23(21,22)14-6-4-13(5-7-14)16(20)18-9-8-12(3)15(19)10-18/h4-7,11-12,15,17,19H,8-10H2,1-3H3. The number of carbonyl (C=O) groups is 1. The van der Waals surface area contributed by atoms with Crippen LogP contribution in [0.3, 0.4) is 0 Å². The van der Waals surface area contributed by atoms with Crippen molar-refractivity contribution in [3.05, 3.63) is 29.8 Å². The minimum atomic E-state index is -3.56. The van der Waals surface area contributed by atoms with E-state index in [1.54, 1.807) is 18.7 Å². The Morgan fingerprint density at radius 2 is 1.91 bits per heavy atom. The Balaban J connectivity index is 2.12. The first-order valence-corrected chi connectivity index (χ1v) is 9.29. The summed E-state index contributed by atoms with van der Waals surface area (Å²) < 4.78 is 26.6. The summed E-state index contributed by atoms with van der Waals surface area (Å²) in [4.78, 5) is 14.2. The number of aliphatic hydroxyl groups is 1. The van der Waals surface area contributed by atoms with Crippen LogP contribution in [0.25, 0.3) is 0 Å². The van der Waals surface area contributed by atoms with Gasteiger partial charge in [0.2, 0.25) is 10.0 Å². The predicted octanol–water partition coefficient (Wildman–Crippen LogP) is 1.22. The third-order valence-corrected chi connectivity index (χ3v) is 5.68. The summed E-state index contributed by atoms with van der Waals surface area (Å²) in [5.41, 5.74) is 0.426. The van der Waals surface area contributed by atoms with Crippen LogP contribution in [0.2, 0.25) is 0 Å². The maximum absolute atomic E-state index is 12.4. The monoisotopic (exact) mass is 340 g/mol. The van der Waals surface area contributed by atoms with Crippen LogP contribution < -0.4 is 4.72 Å². The van der Waals surface area contributed by atoms with Crippen molar-refractivity contribution in [1.82, 2.24) is 9.62 Å². The number of hydrogen-bond donors (Lipinski definition) is 2. The van der Waals surface area contributed by atoms with Gasteiger partial charge in [0.15, 0.2) is 0 Å². The second-order valence-corrected chi connectivity index (χ2v) is 8.10. The van der Waals surface area contributed by atoms with E-state index in [4.69, 9.17) is 0 Å². The first kappa shape index (κ1) is 17.9. The van der Waals surface area contributed by atoms with Crippen molar-refractivity contribution in [2.75, 3.05) is 13.1 Å². The minimum absolute atomic E-state index is 0.134. The van der Waals surface area contributed by atoms with Crippen molar-refractivity contribution in [2.45, 2.75) is 44.2 Å². The zero-order valence-electron chi connectivity index (χ0n) is 13.7. The van der Waals surface area contributed by atoms with Gasteiger partial charge in [-0.15, -0.1) is 0 Å². The van der Waals surface area contributed by atoms with Crippen LogP contribution in [-0.2, 0) is 10.0 Å². The molecule has 1 heterocycles. The van der Waals surface area contributed by atoms with E-state index in [1.807, 2.05) is 6.92 Å². The van der Waals surface area contributed by atoms with Gasteiger partial charge in [0.05, 0.1) is 11.0 Å². The minimum Gasteiger partial charge on any atom is -0.391 e. The number of carbonyl (C=O) groups excluding carboxylic acids is 1. The molecule has 1 amide bonds. The van der Waals surface area contributed by atoms with E-state index in [9.17, 15) is 18.3 Å². The summed E-state index contributed by atoms with van der Waals surface area (Å²) >= 11 is 0. The molecule has 0 radical (unpaired) electrons. The van der Waals surface area contributed by atoms with E-state index < -0.39 is 16.1 Å². The first-order chi connectivity index (χ1) is 10.7. The second-order valence-electron chi connectivity index (χ2n) is 6.38. The number of rotatable bonds is 4. The van der Waals surface area contributed by atoms with Gasteiger partial charge in [0, 0.05) is 24.7 Å². The van der Waals surface area contributed by atoms with Gasteiger partial charge in [-0.1, -0.05) is 6.92 Å². The average Bonchev–Trinajstić information content (AvgIpc) is 2.48. The van der Waals surface area contributed by atoms with Crippen LogP contribution in [0.15, 0.2) is 29.2 Å². The topological polar surface area (TPSA) is 86.7 Å². The lowest BCUT2D eigenvalue weighted by Gasteiger charge is -2.34. The summed E-state index contributed by atoms with van der Waals surface area (Å²) in [6.45, 7) is 6.38. The van der Waals surface area contributed by atoms with E-state index >= 15 is 0 Å². The molecule has 2 N–H and O–H groups in total. The highest BCUT2D eigenvalue weighted by molar-refractivity contribution is 7.89. The van der Waals surface area contributed by atoms with Crippen LogP contribution in [0.5, 0.6) is 0 Å². The van der Waals surface area contributed by atoms with Crippen LogP contribution in [-0.4, -0.2) is 49.6 Å². The largest absolute Gasteiger partial charge is 0.391 e. The zero-order valence-corrected chi connectivity index (χ0v) is 14.5. The van der Waals surface area contributed by atoms with Crippen molar-refractivity contribution >= 4 is 15.9 Å². The number of hydrogen-bond acceptors (Lipinski definition) is 4. The Bertz CT molecular complexity index is 655. The molecular formula is C16H24N2O4S. The van der Waals surface area contributed by atoms with Crippen LogP contribution in [0.1, 0.15) is 37.6 Å². The SMILES string of the molecule is CC(C)NS(=O)(=O)c1ccc(C(=O)N2CCC(C)C(O)C2)cc1. The lowest BCUT2D eigenvalue weighted by atomic mass is 9.95. The third-order valence-electron chi connectivity index (χ3n) is 4.01. The van der Waals surface area contributed by atoms with Gasteiger partial charge in [-0.2, -0.15) is 0 Å². The molecule has 128 valence electrons. The molecule has 0 spiro atoms. The van der Waals surface area contributed by atoms with Gasteiger partial charge < -0.3 is 10.0 Å². The molecule has 0 bridgehead atoms. The Morgan fingerprint density at radius 1 is 1.30 bits per heavy atom. The zero-order chi connectivity index (χ0) is 17.2. The number of sulfonamides is 1. The molecular weight excluding hydrogens is 316 g/mol. The van der Waals surface area contributed by atoms with Crippen molar-refractivity contribution in [3.8, 4) is 0 Å². The Hall–Kier alpha value is -1.44. The fraction of sp³-hybridized carbons (Fsp3) is 0.562. The number of nitrogens with one attached hydrogen (secondary N) is 1. The lowest BCUT2D eigenvalue weighted by molar-refractivity contribution is 0.0248. The third kappa shape index (κ3) is 4.31. The molecule has 1 saturated heterocycles. The molecule has 1 aromatic carbocycles. The second kappa shape index (κ2) is 6.98. The van der Waals surface area contributed by atoms with Gasteiger partial charge in [0.25, 0.3) is 5.91 Å². The van der Waals surface area contributed by atoms with Crippen LogP contribution in [0, 0.1) is 5.92 Å². The van der Waals surface area contributed by atoms with Gasteiger partial charge in [-0.05, 0) is 50.5 Å². The van der Waals surface area contributed by atoms with E-state index in [0.29, 0.717) is 18.7 Å². The Kier molecular flexibility index (Phi) is 5.44. The molecule has 7 heteroatoms. The maximum atomic E-state index is 12.4. The number of piperidine rings is 1. The highest BCUT2D eigenvalue weighted by Gasteiger charge is 2.28. The van der Waals surface area contributed by atoms with E-state index in [-0.39, 0.29) is 22.8 Å². The number of aliphatic hydroxyl groups excluding tert-OH is 1. The molecule has 0 aromatic heterocycles. The first-order valence-electron chi connectivity index (χ1n) is 7.80. The molecule has 1 aliphatic rings. The molecule has 2 unspecified atom stereocenters. The summed E-state index contributed by atoms with van der Waals surface area (Å²) in [5, 5.41) is 9.90. The van der Waals surface area contributed by atoms with Crippen molar-refractivity contribution in [1.29, 1.82) is 0 Å². The molecule has 1 aliphatic heterocycles. The number of likely N-dealkylation sites (tertiary alicyclic amines) is 1. The van der Waals surface area contributed by atoms with E-state index in [1.165, 1.54) is 24.3 Å². The summed E-state index contributed by atoms with van der Waals surface area (Å²) in [7, 11) is -3.56. The Morgan fingerprint density at radius 3 is 2.43 bits per heavy atom. The summed E-state index contributed by atoms with van der Waals surface area (Å²) in [6.07, 6.45) is 0.250. The van der Waals surface area contributed by atoms with Gasteiger partial charge in [0.1, 0.15) is 0 Å². The van der Waals surface area contributed by atoms with E-state index in [2.05, 4.69) is 4.72 Å². The smallest absolute Gasteiger partial charge is 0.253 e.